The molecule has 0 aliphatic rings. The van der Waals surface area contributed by atoms with Gasteiger partial charge in [0.25, 0.3) is 0 Å². The number of halogens is 1. The standard InChI is InChI=1S/C17H13ClN4S/c18-15-5-3-14(4-6-15)16-12-23-17(21-16)22-20-9-1-2-13-7-10-19-11-8-13/h1-12H,(H,21,22)/b2-1+,20-9+. The van der Waals surface area contributed by atoms with Crippen molar-refractivity contribution in [1.29, 1.82) is 0 Å². The van der Waals surface area contributed by atoms with Gasteiger partial charge in [-0.1, -0.05) is 29.8 Å². The SMILES string of the molecule is Clc1ccc(-c2csc(N/N=C/C=C/c3ccncc3)n2)cc1. The number of nitrogens with zero attached hydrogens (tertiary/aromatic N) is 3. The van der Waals surface area contributed by atoms with E-state index in [9.17, 15) is 0 Å². The molecule has 0 atom stereocenters. The number of allylic oxidation sites excluding steroid dienone is 1. The van der Waals surface area contributed by atoms with Crippen LogP contribution in [0.25, 0.3) is 17.3 Å². The minimum atomic E-state index is 0.716. The highest BCUT2D eigenvalue weighted by Gasteiger charge is 2.03. The van der Waals surface area contributed by atoms with Gasteiger partial charge >= 0.3 is 0 Å². The summed E-state index contributed by atoms with van der Waals surface area (Å²) in [7, 11) is 0. The Hall–Kier alpha value is -2.50. The second-order valence-electron chi connectivity index (χ2n) is 4.57. The lowest BCUT2D eigenvalue weighted by atomic mass is 10.2. The predicted octanol–water partition coefficient (Wildman–Crippen LogP) is 4.97. The molecular formula is C17H13ClN4S. The molecule has 0 bridgehead atoms. The van der Waals surface area contributed by atoms with Gasteiger partial charge in [-0.3, -0.25) is 10.4 Å². The molecule has 0 fully saturated rings. The second kappa shape index (κ2) is 7.67. The van der Waals surface area contributed by atoms with Crippen molar-refractivity contribution >= 4 is 40.4 Å². The van der Waals surface area contributed by atoms with Gasteiger partial charge in [0.15, 0.2) is 0 Å². The quantitative estimate of drug-likeness (QED) is 0.527. The summed E-state index contributed by atoms with van der Waals surface area (Å²) >= 11 is 7.39. The molecule has 0 aliphatic heterocycles. The first-order valence-corrected chi connectivity index (χ1v) is 8.14. The van der Waals surface area contributed by atoms with Gasteiger partial charge in [0.05, 0.1) is 5.69 Å². The fourth-order valence-electron chi connectivity index (χ4n) is 1.84. The molecule has 4 nitrogen and oxygen atoms in total. The van der Waals surface area contributed by atoms with Gasteiger partial charge in [-0.05, 0) is 35.9 Å². The van der Waals surface area contributed by atoms with Gasteiger partial charge in [-0.15, -0.1) is 11.3 Å². The van der Waals surface area contributed by atoms with Crippen LogP contribution in [0.15, 0.2) is 65.3 Å². The lowest BCUT2D eigenvalue weighted by Gasteiger charge is -1.96. The molecule has 23 heavy (non-hydrogen) atoms. The van der Waals surface area contributed by atoms with Crippen LogP contribution in [0, 0.1) is 0 Å². The van der Waals surface area contributed by atoms with Crippen molar-refractivity contribution in [3.63, 3.8) is 0 Å². The van der Waals surface area contributed by atoms with E-state index in [1.54, 1.807) is 18.6 Å². The number of hydrazone groups is 1. The van der Waals surface area contributed by atoms with E-state index in [1.165, 1.54) is 11.3 Å². The highest BCUT2D eigenvalue weighted by molar-refractivity contribution is 7.14. The molecule has 1 aromatic carbocycles. The predicted molar refractivity (Wildman–Crippen MR) is 97.9 cm³/mol. The van der Waals surface area contributed by atoms with E-state index in [0.717, 1.165) is 22.0 Å². The van der Waals surface area contributed by atoms with Crippen molar-refractivity contribution in [2.24, 2.45) is 5.10 Å². The molecule has 0 saturated carbocycles. The zero-order valence-electron chi connectivity index (χ0n) is 12.1. The molecular weight excluding hydrogens is 328 g/mol. The van der Waals surface area contributed by atoms with Crippen molar-refractivity contribution in [1.82, 2.24) is 9.97 Å². The van der Waals surface area contributed by atoms with Crippen molar-refractivity contribution in [2.45, 2.75) is 0 Å². The highest BCUT2D eigenvalue weighted by Crippen LogP contribution is 2.25. The topological polar surface area (TPSA) is 50.2 Å². The van der Waals surface area contributed by atoms with E-state index in [-0.39, 0.29) is 0 Å². The Morgan fingerprint density at radius 3 is 2.65 bits per heavy atom. The second-order valence-corrected chi connectivity index (χ2v) is 5.87. The molecule has 0 saturated heterocycles. The maximum Gasteiger partial charge on any atom is 0.203 e. The van der Waals surface area contributed by atoms with Crippen molar-refractivity contribution < 1.29 is 0 Å². The molecule has 2 aromatic heterocycles. The van der Waals surface area contributed by atoms with Crippen LogP contribution in [0.3, 0.4) is 0 Å². The molecule has 3 aromatic rings. The summed E-state index contributed by atoms with van der Waals surface area (Å²) in [5.74, 6) is 0. The number of thiazole rings is 1. The first-order valence-electron chi connectivity index (χ1n) is 6.88. The molecule has 3 rings (SSSR count). The molecule has 0 spiro atoms. The normalized spacial score (nSPS) is 11.3. The Balaban J connectivity index is 1.58. The third kappa shape index (κ3) is 4.48. The maximum absolute atomic E-state index is 5.89. The summed E-state index contributed by atoms with van der Waals surface area (Å²) < 4.78 is 0. The van der Waals surface area contributed by atoms with Crippen molar-refractivity contribution in [3.05, 3.63) is 70.8 Å². The Kier molecular flexibility index (Phi) is 5.13. The Morgan fingerprint density at radius 2 is 1.87 bits per heavy atom. The number of anilines is 1. The fourth-order valence-corrected chi connectivity index (χ4v) is 2.64. The lowest BCUT2D eigenvalue weighted by molar-refractivity contribution is 1.29. The van der Waals surface area contributed by atoms with Crippen LogP contribution in [0.5, 0.6) is 0 Å². The van der Waals surface area contributed by atoms with Crippen LogP contribution in [-0.4, -0.2) is 16.2 Å². The van der Waals surface area contributed by atoms with Gasteiger partial charge in [0.2, 0.25) is 5.13 Å². The molecule has 0 aliphatic carbocycles. The minimum absolute atomic E-state index is 0.716. The number of benzene rings is 1. The summed E-state index contributed by atoms with van der Waals surface area (Å²) in [6, 6.07) is 11.5. The van der Waals surface area contributed by atoms with Gasteiger partial charge in [-0.2, -0.15) is 5.10 Å². The van der Waals surface area contributed by atoms with Crippen LogP contribution in [0.2, 0.25) is 5.02 Å². The minimum Gasteiger partial charge on any atom is -0.265 e. The zero-order valence-corrected chi connectivity index (χ0v) is 13.6. The smallest absolute Gasteiger partial charge is 0.203 e. The van der Waals surface area contributed by atoms with Crippen molar-refractivity contribution in [2.75, 3.05) is 5.43 Å². The summed E-state index contributed by atoms with van der Waals surface area (Å²) in [6.07, 6.45) is 9.00. The molecule has 0 amide bonds. The largest absolute Gasteiger partial charge is 0.265 e. The van der Waals surface area contributed by atoms with E-state index in [1.807, 2.05) is 53.9 Å². The number of aromatic nitrogens is 2. The van der Waals surface area contributed by atoms with Crippen LogP contribution >= 0.6 is 22.9 Å². The molecule has 0 radical (unpaired) electrons. The van der Waals surface area contributed by atoms with Crippen molar-refractivity contribution in [3.8, 4) is 11.3 Å². The number of nitrogens with one attached hydrogen (secondary N) is 1. The maximum atomic E-state index is 5.89. The first-order chi connectivity index (χ1) is 11.3. The summed E-state index contributed by atoms with van der Waals surface area (Å²) in [5.41, 5.74) is 5.92. The van der Waals surface area contributed by atoms with E-state index < -0.39 is 0 Å². The summed E-state index contributed by atoms with van der Waals surface area (Å²) in [4.78, 5) is 8.45. The molecule has 6 heteroatoms. The molecule has 114 valence electrons. The average Bonchev–Trinajstić information content (AvgIpc) is 3.05. The number of hydrogen-bond donors (Lipinski definition) is 1. The zero-order chi connectivity index (χ0) is 15.9. The highest BCUT2D eigenvalue weighted by atomic mass is 35.5. The van der Waals surface area contributed by atoms with Gasteiger partial charge < -0.3 is 0 Å². The third-order valence-electron chi connectivity index (χ3n) is 2.96. The van der Waals surface area contributed by atoms with Crippen LogP contribution in [0.4, 0.5) is 5.13 Å². The monoisotopic (exact) mass is 340 g/mol. The van der Waals surface area contributed by atoms with Gasteiger partial charge in [-0.25, -0.2) is 4.98 Å². The number of rotatable bonds is 5. The third-order valence-corrected chi connectivity index (χ3v) is 3.96. The summed E-state index contributed by atoms with van der Waals surface area (Å²) in [5, 5.41) is 7.56. The fraction of sp³-hybridized carbons (Fsp3) is 0. The number of pyridine rings is 1. The van der Waals surface area contributed by atoms with Crippen LogP contribution in [0.1, 0.15) is 5.56 Å². The Bertz CT molecular complexity index is 810. The molecule has 2 heterocycles. The van der Waals surface area contributed by atoms with Crippen LogP contribution < -0.4 is 5.43 Å². The Labute approximate surface area is 143 Å². The summed E-state index contributed by atoms with van der Waals surface area (Å²) in [6.45, 7) is 0. The molecule has 1 N–H and O–H groups in total. The average molecular weight is 341 g/mol. The van der Waals surface area contributed by atoms with Gasteiger partial charge in [0, 0.05) is 34.6 Å². The number of hydrogen-bond acceptors (Lipinski definition) is 5. The van der Waals surface area contributed by atoms with Crippen LogP contribution in [-0.2, 0) is 0 Å². The van der Waals surface area contributed by atoms with E-state index in [4.69, 9.17) is 11.6 Å². The van der Waals surface area contributed by atoms with E-state index in [0.29, 0.717) is 5.02 Å². The molecule has 0 unspecified atom stereocenters. The van der Waals surface area contributed by atoms with E-state index >= 15 is 0 Å². The Morgan fingerprint density at radius 1 is 1.09 bits per heavy atom. The lowest BCUT2D eigenvalue weighted by Crippen LogP contribution is -1.87. The van der Waals surface area contributed by atoms with E-state index in [2.05, 4.69) is 20.5 Å². The first kappa shape index (κ1) is 15.4. The van der Waals surface area contributed by atoms with Gasteiger partial charge in [0.1, 0.15) is 0 Å².